The summed E-state index contributed by atoms with van der Waals surface area (Å²) in [6.45, 7) is 15.7. The first-order chi connectivity index (χ1) is 22.5. The fraction of sp³-hybridized carbons (Fsp3) is 0.200. The van der Waals surface area contributed by atoms with Crippen LogP contribution in [0.2, 0.25) is 0 Å². The minimum atomic E-state index is -1.05. The molecule has 1 aliphatic rings. The molecule has 0 bridgehead atoms. The van der Waals surface area contributed by atoms with Crippen LogP contribution in [0.3, 0.4) is 0 Å². The summed E-state index contributed by atoms with van der Waals surface area (Å²) in [7, 11) is 3.24. The lowest BCUT2D eigenvalue weighted by molar-refractivity contribution is -0.117. The number of amides is 1. The van der Waals surface area contributed by atoms with Crippen molar-refractivity contribution in [3.8, 4) is 17.2 Å². The number of carbonyl (C=O) groups is 2. The number of methoxy groups -OCH3 is 2. The highest BCUT2D eigenvalue weighted by molar-refractivity contribution is 6.04. The van der Waals surface area contributed by atoms with Crippen LogP contribution in [0.25, 0.3) is 0 Å². The maximum atomic E-state index is 13.2. The molecule has 242 valence electrons. The summed E-state index contributed by atoms with van der Waals surface area (Å²) in [6.07, 6.45) is 9.53. The number of hydrogen-bond donors (Lipinski definition) is 1. The molecule has 1 N–H and O–H groups in total. The van der Waals surface area contributed by atoms with Crippen LogP contribution in [-0.4, -0.2) is 26.3 Å². The molecule has 3 aromatic rings. The van der Waals surface area contributed by atoms with Crippen molar-refractivity contribution in [3.63, 3.8) is 0 Å². The van der Waals surface area contributed by atoms with Crippen LogP contribution in [-0.2, 0) is 20.5 Å². The van der Waals surface area contributed by atoms with E-state index >= 15 is 0 Å². The van der Waals surface area contributed by atoms with E-state index in [-0.39, 0.29) is 17.1 Å². The summed E-state index contributed by atoms with van der Waals surface area (Å²) in [5.41, 5.74) is 3.62. The Balaban J connectivity index is 1.51. The average Bonchev–Trinajstić information content (AvgIpc) is 3.36. The number of carbonyl (C=O) groups excluding carboxylic acids is 2. The van der Waals surface area contributed by atoms with E-state index in [1.165, 1.54) is 0 Å². The summed E-state index contributed by atoms with van der Waals surface area (Å²) in [5, 5.41) is 3.18. The lowest BCUT2D eigenvalue weighted by Gasteiger charge is -2.33. The molecule has 3 aromatic carbocycles. The highest BCUT2D eigenvalue weighted by atomic mass is 16.7. The Bertz CT molecular complexity index is 1760. The maximum absolute atomic E-state index is 13.2. The first-order valence-electron chi connectivity index (χ1n) is 15.2. The molecule has 7 heteroatoms. The molecule has 0 spiro atoms. The van der Waals surface area contributed by atoms with Gasteiger partial charge in [0.25, 0.3) is 5.91 Å². The van der Waals surface area contributed by atoms with E-state index in [1.54, 1.807) is 50.7 Å². The topological polar surface area (TPSA) is 83.1 Å². The Hall–Kier alpha value is -5.56. The van der Waals surface area contributed by atoms with Crippen molar-refractivity contribution < 1.29 is 28.5 Å². The van der Waals surface area contributed by atoms with Crippen molar-refractivity contribution in [1.29, 1.82) is 0 Å². The lowest BCUT2D eigenvalue weighted by atomic mass is 9.76. The zero-order chi connectivity index (χ0) is 34.2. The monoisotopic (exact) mass is 631 g/mol. The first-order valence-corrected chi connectivity index (χ1v) is 15.2. The molecule has 1 heterocycles. The first kappa shape index (κ1) is 34.3. The molecule has 47 heavy (non-hydrogen) atoms. The molecule has 0 radical (unpaired) electrons. The van der Waals surface area contributed by atoms with E-state index < -0.39 is 11.7 Å². The van der Waals surface area contributed by atoms with Gasteiger partial charge in [-0.25, -0.2) is 4.79 Å². The standard InChI is InChI=1S/C40H41NO6/c1-9-12-36-35(11-3)37(42)41-40(36,31-19-23-33(45-8)24-20-31)28(10-2)14-13-27(4)46-38(43)47-34-25-17-30(18-26-34)39(5,6)29-15-21-32(44-7)22-16-29/h9-26H,1,4H2,2-3,5-8H3,(H,41,42)/b14-13-,28-10+,35-11+,36-12+. The molecule has 4 rings (SSSR count). The van der Waals surface area contributed by atoms with Crippen LogP contribution in [0.5, 0.6) is 17.2 Å². The van der Waals surface area contributed by atoms with E-state index in [0.29, 0.717) is 22.6 Å². The third kappa shape index (κ3) is 7.15. The molecule has 0 saturated carbocycles. The van der Waals surface area contributed by atoms with Gasteiger partial charge >= 0.3 is 6.16 Å². The zero-order valence-corrected chi connectivity index (χ0v) is 27.8. The van der Waals surface area contributed by atoms with E-state index in [9.17, 15) is 9.59 Å². The molecule has 1 unspecified atom stereocenters. The van der Waals surface area contributed by atoms with Crippen molar-refractivity contribution in [1.82, 2.24) is 5.32 Å². The predicted molar refractivity (Wildman–Crippen MR) is 186 cm³/mol. The zero-order valence-electron chi connectivity index (χ0n) is 27.8. The van der Waals surface area contributed by atoms with E-state index in [0.717, 1.165) is 28.0 Å². The van der Waals surface area contributed by atoms with Crippen LogP contribution in [0, 0.1) is 0 Å². The molecule has 1 saturated heterocycles. The van der Waals surface area contributed by atoms with Crippen LogP contribution in [0.1, 0.15) is 44.4 Å². The van der Waals surface area contributed by atoms with Gasteiger partial charge in [-0.3, -0.25) is 4.79 Å². The van der Waals surface area contributed by atoms with Gasteiger partial charge in [-0.15, -0.1) is 0 Å². The second-order valence-electron chi connectivity index (χ2n) is 11.3. The molecule has 1 atom stereocenters. The van der Waals surface area contributed by atoms with Gasteiger partial charge in [0.1, 0.15) is 28.5 Å². The van der Waals surface area contributed by atoms with Crippen LogP contribution in [0.4, 0.5) is 4.79 Å². The summed E-state index contributed by atoms with van der Waals surface area (Å²) in [6, 6.07) is 22.7. The molecule has 1 fully saturated rings. The Labute approximate surface area is 277 Å². The summed E-state index contributed by atoms with van der Waals surface area (Å²) in [5.74, 6) is 1.65. The fourth-order valence-electron chi connectivity index (χ4n) is 5.70. The normalized spacial score (nSPS) is 18.3. The number of benzene rings is 3. The van der Waals surface area contributed by atoms with Crippen molar-refractivity contribution >= 4 is 12.1 Å². The fourth-order valence-corrected chi connectivity index (χ4v) is 5.70. The predicted octanol–water partition coefficient (Wildman–Crippen LogP) is 8.65. The highest BCUT2D eigenvalue weighted by Gasteiger charge is 2.48. The quantitative estimate of drug-likeness (QED) is 0.0750. The number of rotatable bonds is 11. The Morgan fingerprint density at radius 2 is 1.36 bits per heavy atom. The third-order valence-electron chi connectivity index (χ3n) is 8.33. The second-order valence-corrected chi connectivity index (χ2v) is 11.3. The Kier molecular flexibility index (Phi) is 10.7. The second kappa shape index (κ2) is 14.7. The Morgan fingerprint density at radius 1 is 0.830 bits per heavy atom. The van der Waals surface area contributed by atoms with Crippen molar-refractivity contribution in [3.05, 3.63) is 162 Å². The molecule has 1 amide bonds. The van der Waals surface area contributed by atoms with Crippen LogP contribution >= 0.6 is 0 Å². The number of allylic oxidation sites excluding steroid dienone is 5. The van der Waals surface area contributed by atoms with Crippen molar-refractivity contribution in [2.24, 2.45) is 0 Å². The maximum Gasteiger partial charge on any atom is 0.519 e. The van der Waals surface area contributed by atoms with Gasteiger partial charge in [-0.2, -0.15) is 0 Å². The lowest BCUT2D eigenvalue weighted by Crippen LogP contribution is -2.41. The largest absolute Gasteiger partial charge is 0.519 e. The van der Waals surface area contributed by atoms with E-state index in [1.807, 2.05) is 86.7 Å². The van der Waals surface area contributed by atoms with Gasteiger partial charge in [-0.1, -0.05) is 93.8 Å². The smallest absolute Gasteiger partial charge is 0.497 e. The van der Waals surface area contributed by atoms with Crippen LogP contribution < -0.4 is 19.5 Å². The van der Waals surface area contributed by atoms with E-state index in [2.05, 4.69) is 32.3 Å². The van der Waals surface area contributed by atoms with Crippen molar-refractivity contribution in [2.75, 3.05) is 14.2 Å². The number of hydrogen-bond acceptors (Lipinski definition) is 6. The van der Waals surface area contributed by atoms with Crippen molar-refractivity contribution in [2.45, 2.75) is 38.6 Å². The van der Waals surface area contributed by atoms with Gasteiger partial charge < -0.3 is 24.3 Å². The highest BCUT2D eigenvalue weighted by Crippen LogP contribution is 2.46. The minimum Gasteiger partial charge on any atom is -0.497 e. The molecule has 1 aliphatic heterocycles. The van der Waals surface area contributed by atoms with Gasteiger partial charge in [-0.05, 0) is 84.2 Å². The summed E-state index contributed by atoms with van der Waals surface area (Å²) < 4.78 is 21.5. The summed E-state index contributed by atoms with van der Waals surface area (Å²) in [4.78, 5) is 25.9. The number of nitrogens with one attached hydrogen (secondary N) is 1. The molecule has 0 aromatic heterocycles. The van der Waals surface area contributed by atoms with E-state index in [4.69, 9.17) is 18.9 Å². The average molecular weight is 632 g/mol. The third-order valence-corrected chi connectivity index (χ3v) is 8.33. The van der Waals surface area contributed by atoms with Gasteiger partial charge in [0.05, 0.1) is 14.2 Å². The number of ether oxygens (including phenoxy) is 4. The minimum absolute atomic E-state index is 0.0568. The van der Waals surface area contributed by atoms with Gasteiger partial charge in [0.2, 0.25) is 0 Å². The molecular formula is C40H41NO6. The summed E-state index contributed by atoms with van der Waals surface area (Å²) >= 11 is 0. The molecule has 7 nitrogen and oxygen atoms in total. The SMILES string of the molecule is C=C/C=C1\C(=C/C)C(=O)NC1(C(/C=C\C(=C)OC(=O)Oc1ccc(C(C)(C)c2ccc(OC)cc2)cc1)=C/C)c1ccc(OC)cc1. The Morgan fingerprint density at radius 3 is 1.85 bits per heavy atom. The van der Waals surface area contributed by atoms with Gasteiger partial charge in [0.15, 0.2) is 0 Å². The molecule has 0 aliphatic carbocycles. The van der Waals surface area contributed by atoms with Gasteiger partial charge in [0, 0.05) is 11.0 Å². The molecular weight excluding hydrogens is 590 g/mol. The van der Waals surface area contributed by atoms with Crippen LogP contribution in [0.15, 0.2) is 145 Å².